The minimum absolute atomic E-state index is 0.146. The Hall–Kier alpha value is -2.43. The summed E-state index contributed by atoms with van der Waals surface area (Å²) in [7, 11) is 0. The van der Waals surface area contributed by atoms with Crippen LogP contribution in [-0.2, 0) is 6.54 Å². The highest BCUT2D eigenvalue weighted by atomic mass is 19.1. The maximum absolute atomic E-state index is 13.7. The highest BCUT2D eigenvalue weighted by Crippen LogP contribution is 2.16. The number of anilines is 1. The van der Waals surface area contributed by atoms with Crippen LogP contribution in [-0.4, -0.2) is 10.8 Å². The van der Waals surface area contributed by atoms with Gasteiger partial charge in [0.05, 0.1) is 5.69 Å². The highest BCUT2D eigenvalue weighted by molar-refractivity contribution is 5.95. The summed E-state index contributed by atoms with van der Waals surface area (Å²) in [4.78, 5) is 3.98. The standard InChI is InChI=1S/C13H13FN4/c14-11-6-10(13(15)16)3-4-12(11)18-8-9-2-1-5-17-7-9/h1-7,18H,8H2,(H3,15,16). The lowest BCUT2D eigenvalue weighted by molar-refractivity contribution is 0.629. The number of rotatable bonds is 4. The summed E-state index contributed by atoms with van der Waals surface area (Å²) in [6.45, 7) is 0.490. The van der Waals surface area contributed by atoms with Crippen LogP contribution in [0.2, 0.25) is 0 Å². The van der Waals surface area contributed by atoms with E-state index in [0.29, 0.717) is 17.8 Å². The Labute approximate surface area is 104 Å². The zero-order chi connectivity index (χ0) is 13.0. The number of amidine groups is 1. The first-order valence-electron chi connectivity index (χ1n) is 5.43. The Bertz CT molecular complexity index is 554. The fourth-order valence-electron chi connectivity index (χ4n) is 1.53. The van der Waals surface area contributed by atoms with Gasteiger partial charge in [-0.05, 0) is 29.8 Å². The summed E-state index contributed by atoms with van der Waals surface area (Å²) in [6.07, 6.45) is 3.40. The number of halogens is 1. The zero-order valence-electron chi connectivity index (χ0n) is 9.65. The van der Waals surface area contributed by atoms with Gasteiger partial charge >= 0.3 is 0 Å². The Kier molecular flexibility index (Phi) is 3.52. The van der Waals surface area contributed by atoms with Crippen molar-refractivity contribution in [3.8, 4) is 0 Å². The average molecular weight is 244 g/mol. The molecule has 4 N–H and O–H groups in total. The summed E-state index contributed by atoms with van der Waals surface area (Å²) in [5.74, 6) is -0.570. The Morgan fingerprint density at radius 1 is 1.39 bits per heavy atom. The molecule has 2 aromatic rings. The van der Waals surface area contributed by atoms with Gasteiger partial charge in [0.15, 0.2) is 0 Å². The van der Waals surface area contributed by atoms with Crippen LogP contribution in [0.3, 0.4) is 0 Å². The second-order valence-corrected chi connectivity index (χ2v) is 3.82. The van der Waals surface area contributed by atoms with Gasteiger partial charge in [0.25, 0.3) is 0 Å². The molecule has 0 atom stereocenters. The number of nitrogens with zero attached hydrogens (tertiary/aromatic N) is 1. The van der Waals surface area contributed by atoms with Crippen molar-refractivity contribution in [1.29, 1.82) is 5.41 Å². The molecular formula is C13H13FN4. The van der Waals surface area contributed by atoms with E-state index in [1.165, 1.54) is 6.07 Å². The third kappa shape index (κ3) is 2.82. The molecule has 2 rings (SSSR count). The SMILES string of the molecule is N=C(N)c1ccc(NCc2cccnc2)c(F)c1. The van der Waals surface area contributed by atoms with Crippen molar-refractivity contribution in [3.05, 3.63) is 59.7 Å². The molecule has 18 heavy (non-hydrogen) atoms. The van der Waals surface area contributed by atoms with Crippen molar-refractivity contribution < 1.29 is 4.39 Å². The number of nitrogens with one attached hydrogen (secondary N) is 2. The normalized spacial score (nSPS) is 10.1. The Balaban J connectivity index is 2.08. The van der Waals surface area contributed by atoms with Crippen LogP contribution in [0.25, 0.3) is 0 Å². The van der Waals surface area contributed by atoms with Gasteiger partial charge in [-0.15, -0.1) is 0 Å². The fourth-order valence-corrected chi connectivity index (χ4v) is 1.53. The third-order valence-corrected chi connectivity index (χ3v) is 2.49. The minimum Gasteiger partial charge on any atom is -0.384 e. The van der Waals surface area contributed by atoms with E-state index >= 15 is 0 Å². The van der Waals surface area contributed by atoms with Gasteiger partial charge in [-0.25, -0.2) is 4.39 Å². The first-order valence-corrected chi connectivity index (χ1v) is 5.43. The average Bonchev–Trinajstić information content (AvgIpc) is 2.38. The van der Waals surface area contributed by atoms with Gasteiger partial charge in [-0.2, -0.15) is 0 Å². The molecule has 1 aromatic carbocycles. The third-order valence-electron chi connectivity index (χ3n) is 2.49. The lowest BCUT2D eigenvalue weighted by Gasteiger charge is -2.08. The maximum Gasteiger partial charge on any atom is 0.147 e. The van der Waals surface area contributed by atoms with Crippen molar-refractivity contribution in [2.75, 3.05) is 5.32 Å². The van der Waals surface area contributed by atoms with Crippen LogP contribution in [0.4, 0.5) is 10.1 Å². The van der Waals surface area contributed by atoms with Gasteiger partial charge in [0, 0.05) is 24.5 Å². The number of nitrogen functional groups attached to an aromatic ring is 1. The van der Waals surface area contributed by atoms with Crippen LogP contribution in [0.15, 0.2) is 42.7 Å². The number of nitrogens with two attached hydrogens (primary N) is 1. The largest absolute Gasteiger partial charge is 0.384 e. The second kappa shape index (κ2) is 5.27. The van der Waals surface area contributed by atoms with Gasteiger partial charge in [0.2, 0.25) is 0 Å². The van der Waals surface area contributed by atoms with E-state index in [1.807, 2.05) is 12.1 Å². The first-order chi connectivity index (χ1) is 8.66. The van der Waals surface area contributed by atoms with Crippen LogP contribution in [0, 0.1) is 11.2 Å². The van der Waals surface area contributed by atoms with E-state index in [1.54, 1.807) is 24.5 Å². The molecule has 0 spiro atoms. The summed E-state index contributed by atoms with van der Waals surface area (Å²) in [6, 6.07) is 8.15. The van der Waals surface area contributed by atoms with Crippen molar-refractivity contribution in [3.63, 3.8) is 0 Å². The van der Waals surface area contributed by atoms with Crippen molar-refractivity contribution in [2.24, 2.45) is 5.73 Å². The number of benzene rings is 1. The van der Waals surface area contributed by atoms with Crippen LogP contribution < -0.4 is 11.1 Å². The molecule has 0 saturated carbocycles. The lowest BCUT2D eigenvalue weighted by atomic mass is 10.1. The molecule has 0 fully saturated rings. The molecule has 0 aliphatic rings. The molecule has 0 aliphatic heterocycles. The van der Waals surface area contributed by atoms with Crippen LogP contribution in [0.1, 0.15) is 11.1 Å². The number of aromatic nitrogens is 1. The second-order valence-electron chi connectivity index (χ2n) is 3.82. The zero-order valence-corrected chi connectivity index (χ0v) is 9.65. The Morgan fingerprint density at radius 2 is 2.22 bits per heavy atom. The smallest absolute Gasteiger partial charge is 0.147 e. The quantitative estimate of drug-likeness (QED) is 0.569. The van der Waals surface area contributed by atoms with E-state index in [9.17, 15) is 4.39 Å². The van der Waals surface area contributed by atoms with Gasteiger partial charge in [-0.3, -0.25) is 10.4 Å². The van der Waals surface area contributed by atoms with E-state index in [2.05, 4.69) is 10.3 Å². The summed E-state index contributed by atoms with van der Waals surface area (Å²) in [5.41, 5.74) is 7.00. The van der Waals surface area contributed by atoms with Crippen molar-refractivity contribution in [1.82, 2.24) is 4.98 Å². The van der Waals surface area contributed by atoms with E-state index in [-0.39, 0.29) is 5.84 Å². The molecule has 0 saturated heterocycles. The van der Waals surface area contributed by atoms with E-state index in [4.69, 9.17) is 11.1 Å². The molecule has 5 heteroatoms. The molecule has 4 nitrogen and oxygen atoms in total. The summed E-state index contributed by atoms with van der Waals surface area (Å²) >= 11 is 0. The molecule has 0 radical (unpaired) electrons. The molecule has 0 bridgehead atoms. The molecule has 1 heterocycles. The van der Waals surface area contributed by atoms with E-state index < -0.39 is 5.82 Å². The van der Waals surface area contributed by atoms with E-state index in [0.717, 1.165) is 5.56 Å². The predicted octanol–water partition coefficient (Wildman–Crippen LogP) is 2.12. The molecule has 0 unspecified atom stereocenters. The van der Waals surface area contributed by atoms with Crippen LogP contribution >= 0.6 is 0 Å². The molecule has 0 aliphatic carbocycles. The number of hydrogen-bond acceptors (Lipinski definition) is 3. The lowest BCUT2D eigenvalue weighted by Crippen LogP contribution is -2.11. The minimum atomic E-state index is -0.424. The van der Waals surface area contributed by atoms with Crippen LogP contribution in [0.5, 0.6) is 0 Å². The molecule has 0 amide bonds. The number of pyridine rings is 1. The van der Waals surface area contributed by atoms with Crippen molar-refractivity contribution in [2.45, 2.75) is 6.54 Å². The van der Waals surface area contributed by atoms with Crippen molar-refractivity contribution >= 4 is 11.5 Å². The summed E-state index contributed by atoms with van der Waals surface area (Å²) in [5, 5.41) is 10.2. The topological polar surface area (TPSA) is 74.8 Å². The first kappa shape index (κ1) is 12.0. The number of hydrogen-bond donors (Lipinski definition) is 3. The maximum atomic E-state index is 13.7. The van der Waals surface area contributed by atoms with Gasteiger partial charge < -0.3 is 11.1 Å². The van der Waals surface area contributed by atoms with Gasteiger partial charge in [-0.1, -0.05) is 6.07 Å². The fraction of sp³-hybridized carbons (Fsp3) is 0.0769. The summed E-state index contributed by atoms with van der Waals surface area (Å²) < 4.78 is 13.7. The molecule has 92 valence electrons. The monoisotopic (exact) mass is 244 g/mol. The predicted molar refractivity (Wildman–Crippen MR) is 69.0 cm³/mol. The van der Waals surface area contributed by atoms with Gasteiger partial charge in [0.1, 0.15) is 11.7 Å². The molecular weight excluding hydrogens is 231 g/mol. The highest BCUT2D eigenvalue weighted by Gasteiger charge is 2.04. The molecule has 1 aromatic heterocycles. The Morgan fingerprint density at radius 3 is 2.83 bits per heavy atom.